The van der Waals surface area contributed by atoms with Crippen LogP contribution in [-0.4, -0.2) is 28.0 Å². The molecule has 0 fully saturated rings. The van der Waals surface area contributed by atoms with Crippen LogP contribution in [0.3, 0.4) is 0 Å². The summed E-state index contributed by atoms with van der Waals surface area (Å²) in [6.45, 7) is 0. The largest absolute Gasteiger partial charge is 0.480 e. The molecule has 30 heavy (non-hydrogen) atoms. The molecule has 1 amide bonds. The number of amides is 1. The second kappa shape index (κ2) is 8.57. The van der Waals surface area contributed by atoms with Crippen molar-refractivity contribution in [3.8, 4) is 0 Å². The zero-order valence-electron chi connectivity index (χ0n) is 16.1. The van der Waals surface area contributed by atoms with Crippen molar-refractivity contribution < 1.29 is 14.7 Å². The van der Waals surface area contributed by atoms with E-state index in [1.54, 1.807) is 18.3 Å². The van der Waals surface area contributed by atoms with E-state index < -0.39 is 23.8 Å². The lowest BCUT2D eigenvalue weighted by Crippen LogP contribution is -2.45. The van der Waals surface area contributed by atoms with Gasteiger partial charge in [-0.15, -0.1) is 0 Å². The Morgan fingerprint density at radius 1 is 0.767 bits per heavy atom. The van der Waals surface area contributed by atoms with E-state index in [1.165, 1.54) is 0 Å². The third-order valence-electron chi connectivity index (χ3n) is 5.10. The minimum absolute atomic E-state index is 0.395. The number of rotatable bonds is 6. The zero-order valence-corrected chi connectivity index (χ0v) is 16.1. The van der Waals surface area contributed by atoms with Crippen molar-refractivity contribution in [2.24, 2.45) is 0 Å². The van der Waals surface area contributed by atoms with Gasteiger partial charge in [-0.1, -0.05) is 78.9 Å². The van der Waals surface area contributed by atoms with Crippen LogP contribution in [0.5, 0.6) is 0 Å². The number of fused-ring (bicyclic) bond motifs is 1. The number of aromatic nitrogens is 1. The number of para-hydroxylation sites is 1. The van der Waals surface area contributed by atoms with Gasteiger partial charge in [0.15, 0.2) is 0 Å². The highest BCUT2D eigenvalue weighted by molar-refractivity contribution is 6.07. The number of benzene rings is 3. The van der Waals surface area contributed by atoms with Crippen LogP contribution in [0.15, 0.2) is 97.2 Å². The number of carbonyl (C=O) groups is 2. The van der Waals surface area contributed by atoms with Gasteiger partial charge in [0, 0.05) is 17.5 Å². The normalized spacial score (nSPS) is 11.9. The Kier molecular flexibility index (Phi) is 5.52. The molecule has 0 radical (unpaired) electrons. The zero-order chi connectivity index (χ0) is 20.9. The standard InChI is InChI=1S/C25H20N2O3/c28-24(20-15-16-26-21-14-8-7-13-19(20)21)27-23(25(29)30)22(17-9-3-1-4-10-17)18-11-5-2-6-12-18/h1-16,22-23H,(H,27,28)(H,29,30)/t23-/m1/s1. The van der Waals surface area contributed by atoms with Gasteiger partial charge in [0.2, 0.25) is 0 Å². The number of hydrogen-bond acceptors (Lipinski definition) is 3. The van der Waals surface area contributed by atoms with Crippen LogP contribution < -0.4 is 5.32 Å². The van der Waals surface area contributed by atoms with Crippen LogP contribution in [0.4, 0.5) is 0 Å². The number of carboxylic acids is 1. The van der Waals surface area contributed by atoms with Gasteiger partial charge in [-0.3, -0.25) is 9.78 Å². The maximum absolute atomic E-state index is 13.1. The van der Waals surface area contributed by atoms with Crippen molar-refractivity contribution in [3.63, 3.8) is 0 Å². The molecule has 3 aromatic carbocycles. The average Bonchev–Trinajstić information content (AvgIpc) is 2.79. The maximum atomic E-state index is 13.1. The predicted octanol–water partition coefficient (Wildman–Crippen LogP) is 4.25. The molecule has 4 aromatic rings. The van der Waals surface area contributed by atoms with Crippen LogP contribution in [0.2, 0.25) is 0 Å². The van der Waals surface area contributed by atoms with Crippen molar-refractivity contribution in [1.29, 1.82) is 0 Å². The molecule has 0 aliphatic carbocycles. The van der Waals surface area contributed by atoms with E-state index in [4.69, 9.17) is 0 Å². The molecular weight excluding hydrogens is 376 g/mol. The van der Waals surface area contributed by atoms with E-state index in [0.29, 0.717) is 16.5 Å². The van der Waals surface area contributed by atoms with Crippen molar-refractivity contribution in [2.45, 2.75) is 12.0 Å². The molecule has 0 spiro atoms. The highest BCUT2D eigenvalue weighted by Gasteiger charge is 2.32. The first-order valence-electron chi connectivity index (χ1n) is 9.62. The first kappa shape index (κ1) is 19.3. The molecule has 2 N–H and O–H groups in total. The van der Waals surface area contributed by atoms with Gasteiger partial charge in [0.25, 0.3) is 5.91 Å². The molecule has 1 atom stereocenters. The summed E-state index contributed by atoms with van der Waals surface area (Å²) in [6.07, 6.45) is 1.55. The molecule has 1 heterocycles. The summed E-state index contributed by atoms with van der Waals surface area (Å²) >= 11 is 0. The molecule has 1 aromatic heterocycles. The summed E-state index contributed by atoms with van der Waals surface area (Å²) in [4.78, 5) is 29.7. The number of aliphatic carboxylic acids is 1. The van der Waals surface area contributed by atoms with Gasteiger partial charge >= 0.3 is 5.97 Å². The fourth-order valence-electron chi connectivity index (χ4n) is 3.70. The van der Waals surface area contributed by atoms with Gasteiger partial charge in [-0.2, -0.15) is 0 Å². The van der Waals surface area contributed by atoms with Gasteiger partial charge in [-0.25, -0.2) is 4.79 Å². The second-order valence-electron chi connectivity index (χ2n) is 6.96. The summed E-state index contributed by atoms with van der Waals surface area (Å²) in [7, 11) is 0. The first-order valence-corrected chi connectivity index (χ1v) is 9.62. The Bertz CT molecular complexity index is 1130. The van der Waals surface area contributed by atoms with Crippen LogP contribution in [-0.2, 0) is 4.79 Å². The van der Waals surface area contributed by atoms with Gasteiger partial charge in [0.1, 0.15) is 6.04 Å². The van der Waals surface area contributed by atoms with Gasteiger partial charge in [-0.05, 0) is 23.3 Å². The van der Waals surface area contributed by atoms with Crippen LogP contribution in [0, 0.1) is 0 Å². The van der Waals surface area contributed by atoms with E-state index in [0.717, 1.165) is 11.1 Å². The highest BCUT2D eigenvalue weighted by Crippen LogP contribution is 2.29. The van der Waals surface area contributed by atoms with E-state index in [1.807, 2.05) is 78.9 Å². The fourth-order valence-corrected chi connectivity index (χ4v) is 3.70. The third-order valence-corrected chi connectivity index (χ3v) is 5.10. The highest BCUT2D eigenvalue weighted by atomic mass is 16.4. The Balaban J connectivity index is 1.75. The van der Waals surface area contributed by atoms with Crippen molar-refractivity contribution in [3.05, 3.63) is 114 Å². The molecule has 0 saturated heterocycles. The molecule has 0 aliphatic heterocycles. The summed E-state index contributed by atoms with van der Waals surface area (Å²) in [5.74, 6) is -2.08. The second-order valence-corrected chi connectivity index (χ2v) is 6.96. The smallest absolute Gasteiger partial charge is 0.327 e. The number of hydrogen-bond donors (Lipinski definition) is 2. The van der Waals surface area contributed by atoms with E-state index >= 15 is 0 Å². The molecule has 0 saturated carbocycles. The van der Waals surface area contributed by atoms with E-state index in [9.17, 15) is 14.7 Å². The number of nitrogens with one attached hydrogen (secondary N) is 1. The lowest BCUT2D eigenvalue weighted by atomic mass is 9.85. The lowest BCUT2D eigenvalue weighted by molar-refractivity contribution is -0.139. The molecule has 0 bridgehead atoms. The van der Waals surface area contributed by atoms with Crippen LogP contribution in [0.1, 0.15) is 27.4 Å². The molecule has 4 rings (SSSR count). The SMILES string of the molecule is O=C(N[C@@H](C(=O)O)C(c1ccccc1)c1ccccc1)c1ccnc2ccccc12. The quantitative estimate of drug-likeness (QED) is 0.511. The summed E-state index contributed by atoms with van der Waals surface area (Å²) in [5.41, 5.74) is 2.71. The van der Waals surface area contributed by atoms with Crippen molar-refractivity contribution in [1.82, 2.24) is 10.3 Å². The number of carbonyl (C=O) groups excluding carboxylic acids is 1. The van der Waals surface area contributed by atoms with Crippen molar-refractivity contribution in [2.75, 3.05) is 0 Å². The minimum atomic E-state index is -1.14. The third kappa shape index (κ3) is 3.91. The number of carboxylic acid groups (broad SMARTS) is 1. The molecule has 5 nitrogen and oxygen atoms in total. The predicted molar refractivity (Wildman–Crippen MR) is 115 cm³/mol. The number of nitrogens with zero attached hydrogens (tertiary/aromatic N) is 1. The fraction of sp³-hybridized carbons (Fsp3) is 0.0800. The Morgan fingerprint density at radius 2 is 1.33 bits per heavy atom. The van der Waals surface area contributed by atoms with Gasteiger partial charge < -0.3 is 10.4 Å². The minimum Gasteiger partial charge on any atom is -0.480 e. The first-order chi connectivity index (χ1) is 14.6. The average molecular weight is 396 g/mol. The summed E-state index contributed by atoms with van der Waals surface area (Å²) < 4.78 is 0. The van der Waals surface area contributed by atoms with Crippen LogP contribution >= 0.6 is 0 Å². The van der Waals surface area contributed by atoms with Crippen LogP contribution in [0.25, 0.3) is 10.9 Å². The Hall–Kier alpha value is -3.99. The maximum Gasteiger partial charge on any atom is 0.327 e. The summed E-state index contributed by atoms with van der Waals surface area (Å²) in [5, 5.41) is 13.5. The van der Waals surface area contributed by atoms with E-state index in [-0.39, 0.29) is 0 Å². The Morgan fingerprint density at radius 3 is 1.93 bits per heavy atom. The Labute approximate surface area is 174 Å². The lowest BCUT2D eigenvalue weighted by Gasteiger charge is -2.26. The monoisotopic (exact) mass is 396 g/mol. The topological polar surface area (TPSA) is 79.3 Å². The van der Waals surface area contributed by atoms with Crippen molar-refractivity contribution >= 4 is 22.8 Å². The number of pyridine rings is 1. The van der Waals surface area contributed by atoms with Gasteiger partial charge in [0.05, 0.1) is 11.1 Å². The molecule has 0 unspecified atom stereocenters. The van der Waals surface area contributed by atoms with E-state index in [2.05, 4.69) is 10.3 Å². The molecule has 148 valence electrons. The molecular formula is C25H20N2O3. The molecule has 0 aliphatic rings. The molecule has 5 heteroatoms. The summed E-state index contributed by atoms with van der Waals surface area (Å²) in [6, 6.07) is 26.5.